The number of halogens is 1. The molecule has 1 heterocycles. The fourth-order valence-electron chi connectivity index (χ4n) is 1.45. The van der Waals surface area contributed by atoms with E-state index in [1.807, 2.05) is 30.5 Å². The Balaban J connectivity index is 2.16. The Labute approximate surface area is 111 Å². The second-order valence-corrected chi connectivity index (χ2v) is 5.67. The fraction of sp³-hybridized carbons (Fsp3) is 0.308. The first-order valence-electron chi connectivity index (χ1n) is 5.60. The molecule has 0 bridgehead atoms. The van der Waals surface area contributed by atoms with E-state index in [4.69, 9.17) is 11.6 Å². The van der Waals surface area contributed by atoms with Gasteiger partial charge >= 0.3 is 0 Å². The Morgan fingerprint density at radius 3 is 2.82 bits per heavy atom. The highest BCUT2D eigenvalue weighted by Crippen LogP contribution is 2.30. The van der Waals surface area contributed by atoms with Crippen molar-refractivity contribution in [2.75, 3.05) is 0 Å². The van der Waals surface area contributed by atoms with E-state index < -0.39 is 0 Å². The van der Waals surface area contributed by atoms with Crippen molar-refractivity contribution in [3.8, 4) is 10.6 Å². The van der Waals surface area contributed by atoms with Gasteiger partial charge in [-0.15, -0.1) is 11.3 Å². The zero-order chi connectivity index (χ0) is 12.3. The minimum Gasteiger partial charge on any atom is -0.310 e. The third-order valence-electron chi connectivity index (χ3n) is 2.34. The minimum atomic E-state index is 0.487. The predicted molar refractivity (Wildman–Crippen MR) is 74.5 cm³/mol. The monoisotopic (exact) mass is 266 g/mol. The molecular formula is C13H15ClN2S. The summed E-state index contributed by atoms with van der Waals surface area (Å²) in [7, 11) is 0. The molecule has 0 fully saturated rings. The molecule has 2 nitrogen and oxygen atoms in total. The molecule has 0 radical (unpaired) electrons. The molecule has 0 amide bonds. The summed E-state index contributed by atoms with van der Waals surface area (Å²) in [6, 6.07) is 8.29. The van der Waals surface area contributed by atoms with E-state index in [0.29, 0.717) is 6.04 Å². The predicted octanol–water partition coefficient (Wildman–Crippen LogP) is 3.96. The molecule has 0 unspecified atom stereocenters. The Morgan fingerprint density at radius 2 is 2.12 bits per heavy atom. The molecule has 0 aliphatic heterocycles. The van der Waals surface area contributed by atoms with Gasteiger partial charge in [0.25, 0.3) is 0 Å². The number of nitrogens with one attached hydrogen (secondary N) is 1. The van der Waals surface area contributed by atoms with Gasteiger partial charge in [-0.3, -0.25) is 0 Å². The minimum absolute atomic E-state index is 0.487. The van der Waals surface area contributed by atoms with Crippen molar-refractivity contribution in [1.29, 1.82) is 0 Å². The molecule has 1 aromatic carbocycles. The smallest absolute Gasteiger partial charge is 0.125 e. The number of thiazole rings is 1. The van der Waals surface area contributed by atoms with Crippen LogP contribution in [-0.4, -0.2) is 11.0 Å². The van der Waals surface area contributed by atoms with Crippen molar-refractivity contribution >= 4 is 22.9 Å². The van der Waals surface area contributed by atoms with Gasteiger partial charge in [0.05, 0.1) is 5.02 Å². The van der Waals surface area contributed by atoms with E-state index in [1.54, 1.807) is 11.3 Å². The average molecular weight is 267 g/mol. The summed E-state index contributed by atoms with van der Waals surface area (Å²) in [4.78, 5) is 5.65. The molecule has 0 saturated heterocycles. The van der Waals surface area contributed by atoms with Gasteiger partial charge in [-0.2, -0.15) is 0 Å². The topological polar surface area (TPSA) is 24.9 Å². The molecule has 0 aliphatic rings. The lowest BCUT2D eigenvalue weighted by Gasteiger charge is -2.04. The number of aromatic nitrogens is 1. The van der Waals surface area contributed by atoms with Gasteiger partial charge in [0.2, 0.25) is 0 Å². The van der Waals surface area contributed by atoms with Crippen LogP contribution in [0, 0.1) is 0 Å². The van der Waals surface area contributed by atoms with Crippen LogP contribution < -0.4 is 5.32 Å². The van der Waals surface area contributed by atoms with Crippen LogP contribution in [0.2, 0.25) is 5.02 Å². The highest BCUT2D eigenvalue weighted by atomic mass is 35.5. The van der Waals surface area contributed by atoms with Gasteiger partial charge in [-0.05, 0) is 6.07 Å². The highest BCUT2D eigenvalue weighted by molar-refractivity contribution is 7.15. The molecule has 90 valence electrons. The van der Waals surface area contributed by atoms with E-state index in [1.165, 1.54) is 4.88 Å². The van der Waals surface area contributed by atoms with E-state index in [0.717, 1.165) is 22.1 Å². The van der Waals surface area contributed by atoms with E-state index in [2.05, 4.69) is 24.1 Å². The molecule has 0 saturated carbocycles. The second-order valence-electron chi connectivity index (χ2n) is 4.15. The van der Waals surface area contributed by atoms with Crippen molar-refractivity contribution < 1.29 is 0 Å². The number of benzene rings is 1. The number of nitrogens with zero attached hydrogens (tertiary/aromatic N) is 1. The first-order chi connectivity index (χ1) is 8.16. The number of hydrogen-bond donors (Lipinski definition) is 1. The lowest BCUT2D eigenvalue weighted by molar-refractivity contribution is 0.593. The summed E-state index contributed by atoms with van der Waals surface area (Å²) in [5.41, 5.74) is 1.01. The average Bonchev–Trinajstić information content (AvgIpc) is 2.75. The van der Waals surface area contributed by atoms with Crippen molar-refractivity contribution in [2.24, 2.45) is 0 Å². The standard InChI is InChI=1S/C13H15ClN2S/c1-9(2)15-7-10-8-16-13(17-10)11-5-3-4-6-12(11)14/h3-6,8-9,15H,7H2,1-2H3. The van der Waals surface area contributed by atoms with Crippen LogP contribution in [0.15, 0.2) is 30.5 Å². The normalized spacial score (nSPS) is 11.1. The van der Waals surface area contributed by atoms with Crippen LogP contribution in [0.25, 0.3) is 10.6 Å². The van der Waals surface area contributed by atoms with Crippen molar-refractivity contribution in [2.45, 2.75) is 26.4 Å². The maximum atomic E-state index is 6.15. The molecule has 17 heavy (non-hydrogen) atoms. The zero-order valence-electron chi connectivity index (χ0n) is 9.90. The van der Waals surface area contributed by atoms with E-state index in [9.17, 15) is 0 Å². The van der Waals surface area contributed by atoms with Crippen LogP contribution >= 0.6 is 22.9 Å². The van der Waals surface area contributed by atoms with Crippen LogP contribution in [-0.2, 0) is 6.54 Å². The van der Waals surface area contributed by atoms with Crippen molar-refractivity contribution in [1.82, 2.24) is 10.3 Å². The Bertz CT molecular complexity index is 494. The lowest BCUT2D eigenvalue weighted by Crippen LogP contribution is -2.21. The summed E-state index contributed by atoms with van der Waals surface area (Å²) in [5.74, 6) is 0. The van der Waals surface area contributed by atoms with Gasteiger partial charge in [-0.1, -0.05) is 43.6 Å². The molecule has 0 atom stereocenters. The highest BCUT2D eigenvalue weighted by Gasteiger charge is 2.07. The molecular weight excluding hydrogens is 252 g/mol. The molecule has 2 rings (SSSR count). The number of hydrogen-bond acceptors (Lipinski definition) is 3. The largest absolute Gasteiger partial charge is 0.310 e. The van der Waals surface area contributed by atoms with Gasteiger partial charge in [-0.25, -0.2) is 4.98 Å². The summed E-state index contributed by atoms with van der Waals surface area (Å²) < 4.78 is 0. The molecule has 4 heteroatoms. The molecule has 0 aliphatic carbocycles. The second kappa shape index (κ2) is 5.63. The van der Waals surface area contributed by atoms with Gasteiger partial charge in [0.1, 0.15) is 5.01 Å². The lowest BCUT2D eigenvalue weighted by atomic mass is 10.2. The molecule has 2 aromatic rings. The van der Waals surface area contributed by atoms with Gasteiger partial charge < -0.3 is 5.32 Å². The first-order valence-corrected chi connectivity index (χ1v) is 6.79. The Kier molecular flexibility index (Phi) is 4.15. The zero-order valence-corrected chi connectivity index (χ0v) is 11.5. The van der Waals surface area contributed by atoms with Crippen LogP contribution in [0.5, 0.6) is 0 Å². The van der Waals surface area contributed by atoms with Crippen LogP contribution in [0.1, 0.15) is 18.7 Å². The summed E-state index contributed by atoms with van der Waals surface area (Å²) in [6.07, 6.45) is 1.92. The van der Waals surface area contributed by atoms with E-state index >= 15 is 0 Å². The maximum absolute atomic E-state index is 6.15. The Morgan fingerprint density at radius 1 is 1.35 bits per heavy atom. The van der Waals surface area contributed by atoms with Crippen molar-refractivity contribution in [3.05, 3.63) is 40.4 Å². The van der Waals surface area contributed by atoms with Crippen LogP contribution in [0.3, 0.4) is 0 Å². The van der Waals surface area contributed by atoms with Crippen molar-refractivity contribution in [3.63, 3.8) is 0 Å². The summed E-state index contributed by atoms with van der Waals surface area (Å²) >= 11 is 7.83. The molecule has 1 N–H and O–H groups in total. The van der Waals surface area contributed by atoms with Gasteiger partial charge in [0.15, 0.2) is 0 Å². The third kappa shape index (κ3) is 3.28. The Hall–Kier alpha value is -0.900. The summed E-state index contributed by atoms with van der Waals surface area (Å²) in [5, 5.41) is 5.12. The molecule has 0 spiro atoms. The number of rotatable bonds is 4. The summed E-state index contributed by atoms with van der Waals surface area (Å²) in [6.45, 7) is 5.13. The molecule has 1 aromatic heterocycles. The SMILES string of the molecule is CC(C)NCc1cnc(-c2ccccc2Cl)s1. The third-order valence-corrected chi connectivity index (χ3v) is 3.70. The van der Waals surface area contributed by atoms with Crippen LogP contribution in [0.4, 0.5) is 0 Å². The fourth-order valence-corrected chi connectivity index (χ4v) is 2.64. The maximum Gasteiger partial charge on any atom is 0.125 e. The first kappa shape index (κ1) is 12.6. The quantitative estimate of drug-likeness (QED) is 0.906. The van der Waals surface area contributed by atoms with E-state index in [-0.39, 0.29) is 0 Å². The van der Waals surface area contributed by atoms with Gasteiger partial charge in [0, 0.05) is 29.2 Å².